The number of hydrogen-bond acceptors (Lipinski definition) is 10. The summed E-state index contributed by atoms with van der Waals surface area (Å²) in [6.07, 6.45) is 2.49. The Balaban J connectivity index is 0.875. The lowest BCUT2D eigenvalue weighted by Crippen LogP contribution is -2.11. The predicted octanol–water partition coefficient (Wildman–Crippen LogP) is 11.7. The smallest absolute Gasteiger partial charge is 0.343 e. The quantitative estimate of drug-likeness (QED) is 0.0416. The van der Waals surface area contributed by atoms with Crippen molar-refractivity contribution in [2.24, 2.45) is 11.8 Å². The van der Waals surface area contributed by atoms with Gasteiger partial charge in [-0.3, -0.25) is 0 Å². The highest BCUT2D eigenvalue weighted by molar-refractivity contribution is 5.93. The minimum Gasteiger partial charge on any atom is -0.493 e. The molecule has 10 heteroatoms. The van der Waals surface area contributed by atoms with E-state index >= 15 is 0 Å². The molecule has 6 rings (SSSR count). The molecule has 0 saturated heterocycles. The Hall–Kier alpha value is -7.20. The van der Waals surface area contributed by atoms with Crippen LogP contribution in [0, 0.1) is 11.8 Å². The lowest BCUT2D eigenvalue weighted by atomic mass is 10.0. The van der Waals surface area contributed by atoms with Crippen molar-refractivity contribution in [1.29, 1.82) is 0 Å². The second-order valence-electron chi connectivity index (χ2n) is 15.3. The molecule has 0 aliphatic carbocycles. The van der Waals surface area contributed by atoms with Crippen LogP contribution in [0.3, 0.4) is 0 Å². The van der Waals surface area contributed by atoms with Crippen LogP contribution in [0.2, 0.25) is 0 Å². The van der Waals surface area contributed by atoms with E-state index in [0.29, 0.717) is 89.9 Å². The Morgan fingerprint density at radius 2 is 0.651 bits per heavy atom. The third-order valence-corrected chi connectivity index (χ3v) is 10.4. The van der Waals surface area contributed by atoms with Crippen molar-refractivity contribution in [1.82, 2.24) is 0 Å². The Morgan fingerprint density at radius 1 is 0.381 bits per heavy atom. The lowest BCUT2D eigenvalue weighted by molar-refractivity contribution is 0.0438. The van der Waals surface area contributed by atoms with Crippen molar-refractivity contribution >= 4 is 23.9 Å². The van der Waals surface area contributed by atoms with Gasteiger partial charge < -0.3 is 28.4 Å². The van der Waals surface area contributed by atoms with Gasteiger partial charge in [0.2, 0.25) is 0 Å². The summed E-state index contributed by atoms with van der Waals surface area (Å²) in [7, 11) is 0. The van der Waals surface area contributed by atoms with Crippen molar-refractivity contribution in [3.8, 4) is 45.3 Å². The fourth-order valence-corrected chi connectivity index (χ4v) is 6.01. The topological polar surface area (TPSA) is 124 Å². The molecular formula is C53H52O10. The van der Waals surface area contributed by atoms with Gasteiger partial charge in [0.25, 0.3) is 0 Å². The molecule has 6 aromatic rings. The molecule has 324 valence electrons. The summed E-state index contributed by atoms with van der Waals surface area (Å²) in [6.45, 7) is 9.79. The van der Waals surface area contributed by atoms with E-state index in [0.717, 1.165) is 35.1 Å². The summed E-state index contributed by atoms with van der Waals surface area (Å²) in [6, 6.07) is 42.2. The zero-order valence-electron chi connectivity index (χ0n) is 36.0. The van der Waals surface area contributed by atoms with Gasteiger partial charge in [0, 0.05) is 6.42 Å². The van der Waals surface area contributed by atoms with Crippen molar-refractivity contribution < 1.29 is 47.6 Å². The number of ether oxygens (including phenoxy) is 6. The molecule has 0 radical (unpaired) electrons. The van der Waals surface area contributed by atoms with Gasteiger partial charge in [-0.15, -0.1) is 0 Å². The van der Waals surface area contributed by atoms with Gasteiger partial charge in [0.15, 0.2) is 0 Å². The molecule has 0 saturated carbocycles. The van der Waals surface area contributed by atoms with E-state index in [1.54, 1.807) is 97.1 Å². The van der Waals surface area contributed by atoms with E-state index in [1.807, 2.05) is 62.4 Å². The van der Waals surface area contributed by atoms with Crippen LogP contribution in [0.15, 0.2) is 146 Å². The van der Waals surface area contributed by atoms with Gasteiger partial charge in [0.1, 0.15) is 23.0 Å². The van der Waals surface area contributed by atoms with Crippen LogP contribution >= 0.6 is 0 Å². The van der Waals surface area contributed by atoms with E-state index in [9.17, 15) is 19.2 Å². The zero-order chi connectivity index (χ0) is 44.6. The molecule has 0 heterocycles. The normalized spacial score (nSPS) is 11.7. The molecule has 0 N–H and O–H groups in total. The summed E-state index contributed by atoms with van der Waals surface area (Å²) in [4.78, 5) is 50.3. The SMILES string of the molecule is CC[C@H](C)COC(=O)c1ccc(-c2ccc(OC(=O)c3ccc(OCCCOc4ccc(C(=O)Oc5ccc(-c6ccc(C(=O)OC[C@@H](C)CC)cc6)cc5)cc4)cc3)cc2)cc1. The zero-order valence-corrected chi connectivity index (χ0v) is 36.0. The highest BCUT2D eigenvalue weighted by Gasteiger charge is 2.14. The minimum absolute atomic E-state index is 0.317. The van der Waals surface area contributed by atoms with E-state index in [1.165, 1.54) is 0 Å². The van der Waals surface area contributed by atoms with Gasteiger partial charge in [-0.2, -0.15) is 0 Å². The minimum atomic E-state index is -0.492. The van der Waals surface area contributed by atoms with Crippen molar-refractivity contribution in [3.63, 3.8) is 0 Å². The predicted molar refractivity (Wildman–Crippen MR) is 242 cm³/mol. The van der Waals surface area contributed by atoms with Crippen molar-refractivity contribution in [2.45, 2.75) is 47.0 Å². The Morgan fingerprint density at radius 3 is 0.968 bits per heavy atom. The molecule has 6 aromatic carbocycles. The van der Waals surface area contributed by atoms with E-state index in [4.69, 9.17) is 28.4 Å². The number of carbonyl (C=O) groups excluding carboxylic acids is 4. The summed E-state index contributed by atoms with van der Waals surface area (Å²) in [5, 5.41) is 0. The van der Waals surface area contributed by atoms with Gasteiger partial charge in [0.05, 0.1) is 48.7 Å². The average molecular weight is 849 g/mol. The molecule has 0 bridgehead atoms. The molecule has 0 aliphatic rings. The first-order valence-electron chi connectivity index (χ1n) is 21.2. The molecule has 10 nitrogen and oxygen atoms in total. The Kier molecular flexibility index (Phi) is 16.3. The fourth-order valence-electron chi connectivity index (χ4n) is 6.01. The van der Waals surface area contributed by atoms with E-state index < -0.39 is 11.9 Å². The Labute approximate surface area is 368 Å². The number of carbonyl (C=O) groups is 4. The molecule has 0 aromatic heterocycles. The standard InChI is InChI=1S/C53H52O10/c1-5-36(3)34-60-50(54)42-12-8-38(9-13-42)40-16-28-48(29-17-40)62-52(56)44-20-24-46(25-21-44)58-32-7-33-59-47-26-22-45(23-27-47)53(57)63-49-30-18-41(19-31-49)39-10-14-43(15-11-39)51(55)61-35-37(4)6-2/h8-31,36-37H,5-7,32-35H2,1-4H3/t36-,37-/m0/s1. The molecule has 2 atom stereocenters. The lowest BCUT2D eigenvalue weighted by Gasteiger charge is -2.10. The van der Waals surface area contributed by atoms with Gasteiger partial charge >= 0.3 is 23.9 Å². The first kappa shape index (κ1) is 45.3. The van der Waals surface area contributed by atoms with E-state index in [2.05, 4.69) is 13.8 Å². The highest BCUT2D eigenvalue weighted by atomic mass is 16.5. The first-order chi connectivity index (χ1) is 30.6. The third-order valence-electron chi connectivity index (χ3n) is 10.4. The van der Waals surface area contributed by atoms with Crippen molar-refractivity contribution in [2.75, 3.05) is 26.4 Å². The van der Waals surface area contributed by atoms with Gasteiger partial charge in [-0.05, 0) is 131 Å². The third kappa shape index (κ3) is 13.4. The first-order valence-corrected chi connectivity index (χ1v) is 21.2. The molecule has 0 aliphatic heterocycles. The molecular weight excluding hydrogens is 797 g/mol. The van der Waals surface area contributed by atoms with Crippen LogP contribution < -0.4 is 18.9 Å². The number of esters is 4. The van der Waals surface area contributed by atoms with Crippen LogP contribution in [-0.2, 0) is 9.47 Å². The maximum absolute atomic E-state index is 12.8. The summed E-state index contributed by atoms with van der Waals surface area (Å²) < 4.78 is 33.6. The second-order valence-corrected chi connectivity index (χ2v) is 15.3. The second kappa shape index (κ2) is 22.6. The summed E-state index contributed by atoms with van der Waals surface area (Å²) in [5.74, 6) is 1.00. The number of rotatable bonds is 20. The van der Waals surface area contributed by atoms with Crippen molar-refractivity contribution in [3.05, 3.63) is 168 Å². The number of hydrogen-bond donors (Lipinski definition) is 0. The highest BCUT2D eigenvalue weighted by Crippen LogP contribution is 2.26. The van der Waals surface area contributed by atoms with Crippen LogP contribution in [0.5, 0.6) is 23.0 Å². The molecule has 0 unspecified atom stereocenters. The number of benzene rings is 6. The maximum atomic E-state index is 12.8. The summed E-state index contributed by atoms with van der Waals surface area (Å²) in [5.41, 5.74) is 5.43. The molecule has 0 fully saturated rings. The Bertz CT molecular complexity index is 2230. The fraction of sp³-hybridized carbons (Fsp3) is 0.245. The maximum Gasteiger partial charge on any atom is 0.343 e. The van der Waals surface area contributed by atoms with Crippen LogP contribution in [-0.4, -0.2) is 50.3 Å². The van der Waals surface area contributed by atoms with Crippen LogP contribution in [0.1, 0.15) is 88.4 Å². The monoisotopic (exact) mass is 848 g/mol. The van der Waals surface area contributed by atoms with Crippen LogP contribution in [0.25, 0.3) is 22.3 Å². The van der Waals surface area contributed by atoms with Gasteiger partial charge in [-0.1, -0.05) is 89.1 Å². The molecule has 63 heavy (non-hydrogen) atoms. The molecule has 0 spiro atoms. The van der Waals surface area contributed by atoms with Gasteiger partial charge in [-0.25, -0.2) is 19.2 Å². The average Bonchev–Trinajstić information content (AvgIpc) is 3.33. The molecule has 0 amide bonds. The van der Waals surface area contributed by atoms with Crippen LogP contribution in [0.4, 0.5) is 0 Å². The largest absolute Gasteiger partial charge is 0.493 e. The summed E-state index contributed by atoms with van der Waals surface area (Å²) >= 11 is 0. The van der Waals surface area contributed by atoms with E-state index in [-0.39, 0.29) is 11.9 Å².